The summed E-state index contributed by atoms with van der Waals surface area (Å²) in [7, 11) is 3.93. The zero-order valence-corrected chi connectivity index (χ0v) is 18.1. The minimum atomic E-state index is -0.369. The fourth-order valence-electron chi connectivity index (χ4n) is 3.55. The maximum atomic E-state index is 13.3. The lowest BCUT2D eigenvalue weighted by Crippen LogP contribution is -2.31. The van der Waals surface area contributed by atoms with Gasteiger partial charge in [0.15, 0.2) is 0 Å². The van der Waals surface area contributed by atoms with Crippen molar-refractivity contribution in [2.24, 2.45) is 0 Å². The van der Waals surface area contributed by atoms with Crippen molar-refractivity contribution < 1.29 is 14.0 Å². The summed E-state index contributed by atoms with van der Waals surface area (Å²) in [6.45, 7) is 4.10. The fraction of sp³-hybridized carbons (Fsp3) is 0.200. The van der Waals surface area contributed by atoms with Gasteiger partial charge in [-0.05, 0) is 66.9 Å². The van der Waals surface area contributed by atoms with Crippen LogP contribution in [0.3, 0.4) is 0 Å². The highest BCUT2D eigenvalue weighted by Gasteiger charge is 2.39. The summed E-state index contributed by atoms with van der Waals surface area (Å²) in [5, 5.41) is 3.20. The molecule has 0 saturated carbocycles. The number of aryl methyl sites for hydroxylation is 2. The van der Waals surface area contributed by atoms with Gasteiger partial charge in [-0.1, -0.05) is 18.2 Å². The second kappa shape index (κ2) is 8.14. The Morgan fingerprint density at radius 2 is 1.68 bits per heavy atom. The fourth-order valence-corrected chi connectivity index (χ4v) is 3.55. The van der Waals surface area contributed by atoms with Gasteiger partial charge in [0.1, 0.15) is 11.5 Å². The number of carbonyl (C=O) groups excluding carboxylic acids is 2. The van der Waals surface area contributed by atoms with Crippen LogP contribution in [0, 0.1) is 13.8 Å². The molecule has 1 aliphatic heterocycles. The zero-order valence-electron chi connectivity index (χ0n) is 18.1. The minimum absolute atomic E-state index is 0.0871. The lowest BCUT2D eigenvalue weighted by molar-refractivity contribution is -0.137. The van der Waals surface area contributed by atoms with Crippen LogP contribution in [-0.2, 0) is 16.1 Å². The van der Waals surface area contributed by atoms with E-state index in [1.54, 1.807) is 12.1 Å². The molecule has 1 N–H and O–H groups in total. The van der Waals surface area contributed by atoms with Crippen LogP contribution in [0.15, 0.2) is 71.0 Å². The molecular formula is C25H25N3O3. The third-order valence-corrected chi connectivity index (χ3v) is 5.51. The van der Waals surface area contributed by atoms with Crippen LogP contribution in [0.25, 0.3) is 5.57 Å². The highest BCUT2D eigenvalue weighted by atomic mass is 16.3. The molecule has 0 spiro atoms. The normalized spacial score (nSPS) is 13.9. The Morgan fingerprint density at radius 3 is 2.29 bits per heavy atom. The van der Waals surface area contributed by atoms with Crippen molar-refractivity contribution in [2.45, 2.75) is 20.4 Å². The van der Waals surface area contributed by atoms with Crippen LogP contribution in [-0.4, -0.2) is 30.8 Å². The van der Waals surface area contributed by atoms with E-state index in [4.69, 9.17) is 4.42 Å². The number of hydrogen-bond donors (Lipinski definition) is 1. The number of nitrogens with zero attached hydrogens (tertiary/aromatic N) is 2. The van der Waals surface area contributed by atoms with Crippen molar-refractivity contribution in [3.63, 3.8) is 0 Å². The Kier molecular flexibility index (Phi) is 5.38. The van der Waals surface area contributed by atoms with Crippen LogP contribution in [0.2, 0.25) is 0 Å². The number of carbonyl (C=O) groups is 2. The van der Waals surface area contributed by atoms with Crippen molar-refractivity contribution in [1.29, 1.82) is 0 Å². The Labute approximate surface area is 181 Å². The van der Waals surface area contributed by atoms with Gasteiger partial charge in [-0.3, -0.25) is 14.5 Å². The number of rotatable bonds is 6. The van der Waals surface area contributed by atoms with Gasteiger partial charge in [0.2, 0.25) is 0 Å². The predicted octanol–water partition coefficient (Wildman–Crippen LogP) is 4.35. The predicted molar refractivity (Wildman–Crippen MR) is 121 cm³/mol. The third-order valence-electron chi connectivity index (χ3n) is 5.51. The molecule has 2 amide bonds. The van der Waals surface area contributed by atoms with E-state index in [-0.39, 0.29) is 24.1 Å². The third kappa shape index (κ3) is 3.97. The highest BCUT2D eigenvalue weighted by Crippen LogP contribution is 2.32. The summed E-state index contributed by atoms with van der Waals surface area (Å²) in [5.74, 6) is -0.152. The molecule has 2 aromatic carbocycles. The number of nitrogens with one attached hydrogen (secondary N) is 1. The highest BCUT2D eigenvalue weighted by molar-refractivity contribution is 6.36. The van der Waals surface area contributed by atoms with Gasteiger partial charge in [0, 0.05) is 25.5 Å². The van der Waals surface area contributed by atoms with E-state index < -0.39 is 0 Å². The van der Waals surface area contributed by atoms with Gasteiger partial charge in [0.05, 0.1) is 18.4 Å². The smallest absolute Gasteiger partial charge is 0.278 e. The number of amides is 2. The van der Waals surface area contributed by atoms with E-state index >= 15 is 0 Å². The van der Waals surface area contributed by atoms with E-state index in [9.17, 15) is 9.59 Å². The summed E-state index contributed by atoms with van der Waals surface area (Å²) in [6, 6.07) is 17.0. The van der Waals surface area contributed by atoms with E-state index in [2.05, 4.69) is 5.32 Å². The molecule has 158 valence electrons. The Bertz CT molecular complexity index is 1160. The van der Waals surface area contributed by atoms with Gasteiger partial charge in [-0.15, -0.1) is 0 Å². The maximum Gasteiger partial charge on any atom is 0.278 e. The molecule has 0 unspecified atom stereocenters. The van der Waals surface area contributed by atoms with E-state index in [1.165, 1.54) is 11.2 Å². The maximum absolute atomic E-state index is 13.3. The average Bonchev–Trinajstić information content (AvgIpc) is 3.34. The summed E-state index contributed by atoms with van der Waals surface area (Å²) >= 11 is 0. The molecule has 4 rings (SSSR count). The van der Waals surface area contributed by atoms with Crippen LogP contribution < -0.4 is 10.2 Å². The van der Waals surface area contributed by atoms with Gasteiger partial charge >= 0.3 is 0 Å². The van der Waals surface area contributed by atoms with Crippen LogP contribution >= 0.6 is 0 Å². The lowest BCUT2D eigenvalue weighted by Gasteiger charge is -2.15. The standard InChI is InChI=1S/C25H25N3O3/c1-16-7-8-18(14-17(16)2)22-23(26-19-9-11-20(12-10-19)27(3)4)25(30)28(24(22)29)15-21-6-5-13-31-21/h5-14,26H,15H2,1-4H3. The first-order valence-electron chi connectivity index (χ1n) is 10.1. The Balaban J connectivity index is 1.74. The summed E-state index contributed by atoms with van der Waals surface area (Å²) in [5.41, 5.74) is 5.33. The van der Waals surface area contributed by atoms with Gasteiger partial charge in [-0.2, -0.15) is 0 Å². The first-order chi connectivity index (χ1) is 14.8. The molecule has 0 saturated heterocycles. The molecule has 6 nitrogen and oxygen atoms in total. The van der Waals surface area contributed by atoms with Crippen molar-refractivity contribution in [3.05, 3.63) is 89.0 Å². The number of anilines is 2. The van der Waals surface area contributed by atoms with Crippen LogP contribution in [0.5, 0.6) is 0 Å². The van der Waals surface area contributed by atoms with Crippen molar-refractivity contribution in [1.82, 2.24) is 4.90 Å². The van der Waals surface area contributed by atoms with Gasteiger partial charge in [0.25, 0.3) is 11.8 Å². The molecule has 0 radical (unpaired) electrons. The molecule has 1 aliphatic rings. The molecule has 0 aliphatic carbocycles. The monoisotopic (exact) mass is 415 g/mol. The number of imide groups is 1. The van der Waals surface area contributed by atoms with Crippen LogP contribution in [0.4, 0.5) is 11.4 Å². The molecule has 6 heteroatoms. The SMILES string of the molecule is Cc1ccc(C2=C(Nc3ccc(N(C)C)cc3)C(=O)N(Cc3ccco3)C2=O)cc1C. The number of benzene rings is 2. The topological polar surface area (TPSA) is 65.8 Å². The molecule has 1 aromatic heterocycles. The van der Waals surface area contributed by atoms with Gasteiger partial charge in [-0.25, -0.2) is 0 Å². The second-order valence-electron chi connectivity index (χ2n) is 7.89. The van der Waals surface area contributed by atoms with Gasteiger partial charge < -0.3 is 14.6 Å². The van der Waals surface area contributed by atoms with Crippen molar-refractivity contribution >= 4 is 28.8 Å². The van der Waals surface area contributed by atoms with E-state index in [1.807, 2.05) is 75.3 Å². The summed E-state index contributed by atoms with van der Waals surface area (Å²) < 4.78 is 5.37. The first-order valence-corrected chi connectivity index (χ1v) is 10.1. The van der Waals surface area contributed by atoms with Crippen molar-refractivity contribution in [2.75, 3.05) is 24.3 Å². The molecule has 2 heterocycles. The number of hydrogen-bond acceptors (Lipinski definition) is 5. The quantitative estimate of drug-likeness (QED) is 0.606. The Morgan fingerprint density at radius 1 is 0.935 bits per heavy atom. The lowest BCUT2D eigenvalue weighted by atomic mass is 9.99. The largest absolute Gasteiger partial charge is 0.467 e. The summed E-state index contributed by atoms with van der Waals surface area (Å²) in [6.07, 6.45) is 1.53. The minimum Gasteiger partial charge on any atom is -0.467 e. The van der Waals surface area contributed by atoms with Crippen molar-refractivity contribution in [3.8, 4) is 0 Å². The first kappa shape index (κ1) is 20.5. The molecule has 0 atom stereocenters. The molecule has 31 heavy (non-hydrogen) atoms. The summed E-state index contributed by atoms with van der Waals surface area (Å²) in [4.78, 5) is 29.9. The molecule has 0 fully saturated rings. The second-order valence-corrected chi connectivity index (χ2v) is 7.89. The van der Waals surface area contributed by atoms with E-state index in [0.29, 0.717) is 11.3 Å². The molecule has 0 bridgehead atoms. The van der Waals surface area contributed by atoms with Crippen LogP contribution in [0.1, 0.15) is 22.5 Å². The molecular weight excluding hydrogens is 390 g/mol. The number of furan rings is 1. The zero-order chi connectivity index (χ0) is 22.1. The Hall–Kier alpha value is -3.80. The average molecular weight is 415 g/mol. The van der Waals surface area contributed by atoms with E-state index in [0.717, 1.165) is 28.1 Å². The molecule has 3 aromatic rings.